The second-order valence-corrected chi connectivity index (χ2v) is 6.68. The summed E-state index contributed by atoms with van der Waals surface area (Å²) in [6, 6.07) is 8.69. The van der Waals surface area contributed by atoms with Gasteiger partial charge in [-0.3, -0.25) is 4.79 Å². The molecule has 0 fully saturated rings. The molecule has 2 aromatic carbocycles. The second-order valence-electron chi connectivity index (χ2n) is 6.28. The molecule has 0 spiro atoms. The van der Waals surface area contributed by atoms with Gasteiger partial charge in [-0.2, -0.15) is 0 Å². The van der Waals surface area contributed by atoms with Gasteiger partial charge < -0.3 is 14.8 Å². The molecule has 0 aliphatic carbocycles. The Labute approximate surface area is 173 Å². The Kier molecular flexibility index (Phi) is 6.66. The molecule has 1 N–H and O–H groups in total. The van der Waals surface area contributed by atoms with Crippen LogP contribution in [0.5, 0.6) is 11.5 Å². The third-order valence-electron chi connectivity index (χ3n) is 4.08. The summed E-state index contributed by atoms with van der Waals surface area (Å²) in [6.07, 6.45) is 2.33. The monoisotopic (exact) mass is 415 g/mol. The Morgan fingerprint density at radius 2 is 2.03 bits per heavy atom. The Bertz CT molecular complexity index is 992. The van der Waals surface area contributed by atoms with Crippen molar-refractivity contribution in [1.82, 2.24) is 20.2 Å². The van der Waals surface area contributed by atoms with Crippen molar-refractivity contribution >= 4 is 23.2 Å². The van der Waals surface area contributed by atoms with Crippen molar-refractivity contribution in [3.05, 3.63) is 52.8 Å². The van der Waals surface area contributed by atoms with E-state index in [4.69, 9.17) is 21.1 Å². The predicted octanol–water partition coefficient (Wildman–Crippen LogP) is 4.06. The molecule has 0 saturated carbocycles. The van der Waals surface area contributed by atoms with Crippen molar-refractivity contribution in [2.75, 3.05) is 18.5 Å². The Hall–Kier alpha value is -3.13. The van der Waals surface area contributed by atoms with E-state index >= 15 is 0 Å². The first kappa shape index (κ1) is 20.6. The number of nitrogens with zero attached hydrogens (tertiary/aromatic N) is 4. The molecular weight excluding hydrogens is 394 g/mol. The van der Waals surface area contributed by atoms with Gasteiger partial charge in [0.05, 0.1) is 23.9 Å². The van der Waals surface area contributed by atoms with Crippen LogP contribution in [0.1, 0.15) is 36.2 Å². The topological polar surface area (TPSA) is 91.2 Å². The number of tetrazole rings is 1. The fraction of sp³-hybridized carbons (Fsp3) is 0.300. The summed E-state index contributed by atoms with van der Waals surface area (Å²) in [5, 5.41) is 14.4. The van der Waals surface area contributed by atoms with Crippen LogP contribution in [0.2, 0.25) is 5.02 Å². The summed E-state index contributed by atoms with van der Waals surface area (Å²) in [7, 11) is 0. The van der Waals surface area contributed by atoms with Gasteiger partial charge in [-0.1, -0.05) is 24.6 Å². The van der Waals surface area contributed by atoms with E-state index in [1.165, 1.54) is 11.0 Å². The van der Waals surface area contributed by atoms with Gasteiger partial charge in [0.25, 0.3) is 5.91 Å². The number of hydrogen-bond acceptors (Lipinski definition) is 6. The first-order valence-electron chi connectivity index (χ1n) is 9.28. The molecule has 1 amide bonds. The van der Waals surface area contributed by atoms with Gasteiger partial charge in [0.2, 0.25) is 0 Å². The molecule has 3 rings (SSSR count). The normalized spacial score (nSPS) is 10.6. The molecule has 0 aliphatic heterocycles. The SMILES string of the molecule is CCCOc1c(Cl)cc(C(=O)Nc2ccc(C)c(-n3cnnn3)c2)cc1OCC. The molecule has 9 heteroatoms. The maximum Gasteiger partial charge on any atom is 0.255 e. The number of halogens is 1. The average Bonchev–Trinajstić information content (AvgIpc) is 3.23. The lowest BCUT2D eigenvalue weighted by Crippen LogP contribution is -2.13. The molecule has 0 atom stereocenters. The average molecular weight is 416 g/mol. The number of hydrogen-bond donors (Lipinski definition) is 1. The number of nitrogens with one attached hydrogen (secondary N) is 1. The number of carbonyl (C=O) groups is 1. The highest BCUT2D eigenvalue weighted by Gasteiger charge is 2.17. The van der Waals surface area contributed by atoms with Crippen LogP contribution in [0.3, 0.4) is 0 Å². The van der Waals surface area contributed by atoms with Crippen molar-refractivity contribution in [1.29, 1.82) is 0 Å². The minimum atomic E-state index is -0.318. The lowest BCUT2D eigenvalue weighted by Gasteiger charge is -2.15. The standard InChI is InChI=1S/C20H22ClN5O3/c1-4-8-29-19-16(21)9-14(10-18(19)28-5-2)20(27)23-15-7-6-13(3)17(11-15)26-12-22-24-25-26/h6-7,9-12H,4-5,8H2,1-3H3,(H,23,27). The molecule has 1 aromatic heterocycles. The Morgan fingerprint density at radius 3 is 2.72 bits per heavy atom. The van der Waals surface area contributed by atoms with Gasteiger partial charge in [0, 0.05) is 11.3 Å². The van der Waals surface area contributed by atoms with Gasteiger partial charge in [-0.05, 0) is 60.5 Å². The second kappa shape index (κ2) is 9.38. The van der Waals surface area contributed by atoms with Crippen molar-refractivity contribution in [3.63, 3.8) is 0 Å². The van der Waals surface area contributed by atoms with E-state index in [1.54, 1.807) is 18.2 Å². The third kappa shape index (κ3) is 4.83. The fourth-order valence-corrected chi connectivity index (χ4v) is 2.98. The molecule has 0 bridgehead atoms. The van der Waals surface area contributed by atoms with E-state index in [-0.39, 0.29) is 5.91 Å². The third-order valence-corrected chi connectivity index (χ3v) is 4.37. The van der Waals surface area contributed by atoms with Crippen LogP contribution in [0.25, 0.3) is 5.69 Å². The molecule has 1 heterocycles. The van der Waals surface area contributed by atoms with Crippen LogP contribution in [-0.4, -0.2) is 39.3 Å². The van der Waals surface area contributed by atoms with Gasteiger partial charge in [0.15, 0.2) is 11.5 Å². The van der Waals surface area contributed by atoms with Crippen LogP contribution >= 0.6 is 11.6 Å². The van der Waals surface area contributed by atoms with Crippen LogP contribution in [-0.2, 0) is 0 Å². The maximum absolute atomic E-state index is 12.8. The number of rotatable bonds is 8. The highest BCUT2D eigenvalue weighted by Crippen LogP contribution is 2.37. The van der Waals surface area contributed by atoms with E-state index in [2.05, 4.69) is 20.8 Å². The van der Waals surface area contributed by atoms with Crippen LogP contribution in [0, 0.1) is 6.92 Å². The molecular formula is C20H22ClN5O3. The first-order valence-corrected chi connectivity index (χ1v) is 9.65. The Morgan fingerprint density at radius 1 is 1.21 bits per heavy atom. The van der Waals surface area contributed by atoms with Crippen LogP contribution in [0.4, 0.5) is 5.69 Å². The number of carbonyl (C=O) groups excluding carboxylic acids is 1. The van der Waals surface area contributed by atoms with E-state index in [0.29, 0.717) is 41.0 Å². The lowest BCUT2D eigenvalue weighted by molar-refractivity contribution is 0.102. The van der Waals surface area contributed by atoms with Crippen molar-refractivity contribution in [2.24, 2.45) is 0 Å². The smallest absolute Gasteiger partial charge is 0.255 e. The summed E-state index contributed by atoms with van der Waals surface area (Å²) in [5.74, 6) is 0.571. The minimum absolute atomic E-state index is 0.318. The van der Waals surface area contributed by atoms with E-state index in [1.807, 2.05) is 32.9 Å². The summed E-state index contributed by atoms with van der Waals surface area (Å²) in [4.78, 5) is 12.8. The fourth-order valence-electron chi connectivity index (χ4n) is 2.72. The summed E-state index contributed by atoms with van der Waals surface area (Å²) >= 11 is 6.36. The van der Waals surface area contributed by atoms with E-state index in [0.717, 1.165) is 17.7 Å². The van der Waals surface area contributed by atoms with E-state index in [9.17, 15) is 4.79 Å². The van der Waals surface area contributed by atoms with Crippen molar-refractivity contribution < 1.29 is 14.3 Å². The number of anilines is 1. The summed E-state index contributed by atoms with van der Waals surface area (Å²) in [5.41, 5.74) is 2.71. The minimum Gasteiger partial charge on any atom is -0.490 e. The number of aromatic nitrogens is 4. The van der Waals surface area contributed by atoms with Gasteiger partial charge in [-0.15, -0.1) is 5.10 Å². The number of aryl methyl sites for hydroxylation is 1. The predicted molar refractivity (Wildman–Crippen MR) is 110 cm³/mol. The van der Waals surface area contributed by atoms with Gasteiger partial charge in [0.1, 0.15) is 6.33 Å². The zero-order valence-electron chi connectivity index (χ0n) is 16.5. The van der Waals surface area contributed by atoms with Crippen molar-refractivity contribution in [3.8, 4) is 17.2 Å². The Balaban J connectivity index is 1.86. The molecule has 8 nitrogen and oxygen atoms in total. The molecule has 3 aromatic rings. The number of benzene rings is 2. The van der Waals surface area contributed by atoms with Gasteiger partial charge >= 0.3 is 0 Å². The number of ether oxygens (including phenoxy) is 2. The molecule has 0 unspecified atom stereocenters. The van der Waals surface area contributed by atoms with Crippen LogP contribution < -0.4 is 14.8 Å². The largest absolute Gasteiger partial charge is 0.490 e. The lowest BCUT2D eigenvalue weighted by atomic mass is 10.1. The molecule has 0 saturated heterocycles. The maximum atomic E-state index is 12.8. The van der Waals surface area contributed by atoms with Crippen molar-refractivity contribution in [2.45, 2.75) is 27.2 Å². The molecule has 29 heavy (non-hydrogen) atoms. The highest BCUT2D eigenvalue weighted by atomic mass is 35.5. The summed E-state index contributed by atoms with van der Waals surface area (Å²) < 4.78 is 12.8. The number of amides is 1. The van der Waals surface area contributed by atoms with E-state index < -0.39 is 0 Å². The highest BCUT2D eigenvalue weighted by molar-refractivity contribution is 6.32. The first-order chi connectivity index (χ1) is 14.0. The molecule has 0 aliphatic rings. The van der Waals surface area contributed by atoms with Crippen LogP contribution in [0.15, 0.2) is 36.7 Å². The summed E-state index contributed by atoms with van der Waals surface area (Å²) in [6.45, 7) is 6.73. The zero-order valence-corrected chi connectivity index (χ0v) is 17.2. The molecule has 152 valence electrons. The quantitative estimate of drug-likeness (QED) is 0.596. The van der Waals surface area contributed by atoms with Gasteiger partial charge in [-0.25, -0.2) is 4.68 Å². The zero-order chi connectivity index (χ0) is 20.8. The molecule has 0 radical (unpaired) electrons.